The summed E-state index contributed by atoms with van der Waals surface area (Å²) in [5, 5.41) is 0.763. The zero-order valence-corrected chi connectivity index (χ0v) is 12.4. The van der Waals surface area contributed by atoms with Crippen LogP contribution in [0.3, 0.4) is 0 Å². The van der Waals surface area contributed by atoms with Gasteiger partial charge in [-0.3, -0.25) is 0 Å². The van der Waals surface area contributed by atoms with Crippen molar-refractivity contribution in [3.8, 4) is 0 Å². The maximum atomic E-state index is 6.14. The summed E-state index contributed by atoms with van der Waals surface area (Å²) in [5.74, 6) is 0. The first-order valence-electron chi connectivity index (χ1n) is 5.06. The van der Waals surface area contributed by atoms with Crippen molar-refractivity contribution < 1.29 is 0 Å². The van der Waals surface area contributed by atoms with Crippen molar-refractivity contribution in [1.82, 2.24) is 0 Å². The number of hydrogen-bond donors (Lipinski definition) is 1. The van der Waals surface area contributed by atoms with E-state index in [9.17, 15) is 0 Å². The fourth-order valence-electron chi connectivity index (χ4n) is 1.39. The number of aryl methyl sites for hydroxylation is 1. The Bertz CT molecular complexity index is 557. The molecule has 0 fully saturated rings. The maximum absolute atomic E-state index is 6.14. The second kappa shape index (κ2) is 5.34. The van der Waals surface area contributed by atoms with E-state index >= 15 is 0 Å². The van der Waals surface area contributed by atoms with E-state index in [0.717, 1.165) is 30.5 Å². The number of anilines is 1. The van der Waals surface area contributed by atoms with E-state index in [1.807, 2.05) is 37.3 Å². The van der Waals surface area contributed by atoms with Gasteiger partial charge >= 0.3 is 0 Å². The summed E-state index contributed by atoms with van der Waals surface area (Å²) >= 11 is 11.3. The van der Waals surface area contributed by atoms with E-state index < -0.39 is 0 Å². The Morgan fingerprint density at radius 2 is 1.88 bits per heavy atom. The molecular weight excluding hydrogens is 318 g/mol. The third kappa shape index (κ3) is 2.97. The summed E-state index contributed by atoms with van der Waals surface area (Å²) in [5.41, 5.74) is 7.71. The number of rotatable bonds is 2. The van der Waals surface area contributed by atoms with Gasteiger partial charge in [0.05, 0.1) is 5.02 Å². The lowest BCUT2D eigenvalue weighted by Gasteiger charge is -2.09. The third-order valence-corrected chi connectivity index (χ3v) is 4.87. The fraction of sp³-hybridized carbons (Fsp3) is 0.0769. The van der Waals surface area contributed by atoms with Crippen molar-refractivity contribution in [2.45, 2.75) is 16.7 Å². The van der Waals surface area contributed by atoms with Gasteiger partial charge in [0.15, 0.2) is 0 Å². The normalized spacial score (nSPS) is 10.5. The number of hydrogen-bond acceptors (Lipinski definition) is 2. The SMILES string of the molecule is Cc1cc(Sc2ccccc2Cl)c(Br)cc1N. The molecule has 0 aromatic heterocycles. The van der Waals surface area contributed by atoms with Gasteiger partial charge in [-0.05, 0) is 52.7 Å². The van der Waals surface area contributed by atoms with E-state index in [1.165, 1.54) is 0 Å². The highest BCUT2D eigenvalue weighted by molar-refractivity contribution is 9.10. The summed E-state index contributed by atoms with van der Waals surface area (Å²) in [6, 6.07) is 11.8. The van der Waals surface area contributed by atoms with Crippen LogP contribution in [0, 0.1) is 6.92 Å². The molecule has 0 aliphatic rings. The Balaban J connectivity index is 2.37. The van der Waals surface area contributed by atoms with Crippen LogP contribution >= 0.6 is 39.3 Å². The minimum absolute atomic E-state index is 0.763. The Morgan fingerprint density at radius 3 is 2.59 bits per heavy atom. The molecule has 17 heavy (non-hydrogen) atoms. The van der Waals surface area contributed by atoms with Crippen molar-refractivity contribution >= 4 is 45.0 Å². The molecule has 0 unspecified atom stereocenters. The van der Waals surface area contributed by atoms with Crippen LogP contribution in [0.25, 0.3) is 0 Å². The lowest BCUT2D eigenvalue weighted by molar-refractivity contribution is 1.32. The second-order valence-electron chi connectivity index (χ2n) is 3.67. The highest BCUT2D eigenvalue weighted by atomic mass is 79.9. The summed E-state index contributed by atoms with van der Waals surface area (Å²) < 4.78 is 0.991. The number of benzene rings is 2. The summed E-state index contributed by atoms with van der Waals surface area (Å²) in [6.45, 7) is 2.00. The standard InChI is InChI=1S/C13H11BrClNS/c1-8-6-13(9(14)7-11(8)16)17-12-5-3-2-4-10(12)15/h2-7H,16H2,1H3. The average Bonchev–Trinajstić information content (AvgIpc) is 2.29. The van der Waals surface area contributed by atoms with Gasteiger partial charge in [0.1, 0.15) is 0 Å². The molecule has 4 heteroatoms. The van der Waals surface area contributed by atoms with Gasteiger partial charge in [-0.25, -0.2) is 0 Å². The van der Waals surface area contributed by atoms with Crippen LogP contribution in [0.4, 0.5) is 5.69 Å². The smallest absolute Gasteiger partial charge is 0.0545 e. The molecule has 2 N–H and O–H groups in total. The molecule has 88 valence electrons. The monoisotopic (exact) mass is 327 g/mol. The lowest BCUT2D eigenvalue weighted by Crippen LogP contribution is -1.90. The molecule has 2 aromatic rings. The van der Waals surface area contributed by atoms with Gasteiger partial charge in [0, 0.05) is 20.0 Å². The van der Waals surface area contributed by atoms with Crippen LogP contribution < -0.4 is 5.73 Å². The first kappa shape index (κ1) is 12.8. The van der Waals surface area contributed by atoms with Gasteiger partial charge in [0.2, 0.25) is 0 Å². The van der Waals surface area contributed by atoms with Gasteiger partial charge in [0.25, 0.3) is 0 Å². The van der Waals surface area contributed by atoms with Gasteiger partial charge in [-0.2, -0.15) is 0 Å². The van der Waals surface area contributed by atoms with Crippen LogP contribution in [-0.2, 0) is 0 Å². The molecule has 2 rings (SSSR count). The van der Waals surface area contributed by atoms with E-state index in [-0.39, 0.29) is 0 Å². The van der Waals surface area contributed by atoms with Crippen LogP contribution in [0.5, 0.6) is 0 Å². The zero-order valence-electron chi connectivity index (χ0n) is 9.21. The van der Waals surface area contributed by atoms with Crippen molar-refractivity contribution in [2.75, 3.05) is 5.73 Å². The molecule has 0 saturated heterocycles. The third-order valence-electron chi connectivity index (χ3n) is 2.38. The molecule has 0 spiro atoms. The van der Waals surface area contributed by atoms with Crippen molar-refractivity contribution in [2.24, 2.45) is 0 Å². The number of nitrogens with two attached hydrogens (primary N) is 1. The van der Waals surface area contributed by atoms with Crippen molar-refractivity contribution in [3.05, 3.63) is 51.5 Å². The molecule has 0 bridgehead atoms. The fourth-order valence-corrected chi connectivity index (χ4v) is 3.19. The molecule has 0 amide bonds. The molecule has 0 aliphatic heterocycles. The van der Waals surface area contributed by atoms with Gasteiger partial charge in [-0.1, -0.05) is 35.5 Å². The summed E-state index contributed by atoms with van der Waals surface area (Å²) in [6.07, 6.45) is 0. The molecule has 0 heterocycles. The van der Waals surface area contributed by atoms with Gasteiger partial charge < -0.3 is 5.73 Å². The Labute approximate surface area is 118 Å². The lowest BCUT2D eigenvalue weighted by atomic mass is 10.2. The van der Waals surface area contributed by atoms with Crippen LogP contribution in [-0.4, -0.2) is 0 Å². The first-order valence-corrected chi connectivity index (χ1v) is 7.04. The van der Waals surface area contributed by atoms with Crippen LogP contribution in [0.2, 0.25) is 5.02 Å². The molecule has 0 atom stereocenters. The summed E-state index contributed by atoms with van der Waals surface area (Å²) in [7, 11) is 0. The molecule has 0 saturated carbocycles. The maximum Gasteiger partial charge on any atom is 0.0545 e. The Morgan fingerprint density at radius 1 is 1.18 bits per heavy atom. The van der Waals surface area contributed by atoms with Gasteiger partial charge in [-0.15, -0.1) is 0 Å². The minimum atomic E-state index is 0.763. The topological polar surface area (TPSA) is 26.0 Å². The quantitative estimate of drug-likeness (QED) is 0.772. The van der Waals surface area contributed by atoms with Crippen molar-refractivity contribution in [3.63, 3.8) is 0 Å². The highest BCUT2D eigenvalue weighted by Crippen LogP contribution is 2.38. The minimum Gasteiger partial charge on any atom is -0.398 e. The molecular formula is C13H11BrClNS. The zero-order chi connectivity index (χ0) is 12.4. The largest absolute Gasteiger partial charge is 0.398 e. The predicted molar refractivity (Wildman–Crippen MR) is 78.9 cm³/mol. The highest BCUT2D eigenvalue weighted by Gasteiger charge is 2.07. The summed E-state index contributed by atoms with van der Waals surface area (Å²) in [4.78, 5) is 2.16. The molecule has 0 radical (unpaired) electrons. The second-order valence-corrected chi connectivity index (χ2v) is 6.02. The van der Waals surface area contributed by atoms with E-state index in [0.29, 0.717) is 0 Å². The Hall–Kier alpha value is -0.640. The van der Waals surface area contributed by atoms with Crippen molar-refractivity contribution in [1.29, 1.82) is 0 Å². The van der Waals surface area contributed by atoms with E-state index in [2.05, 4.69) is 22.0 Å². The van der Waals surface area contributed by atoms with Crippen LogP contribution in [0.1, 0.15) is 5.56 Å². The Kier molecular flexibility index (Phi) is 4.02. The first-order chi connectivity index (χ1) is 8.08. The average molecular weight is 329 g/mol. The van der Waals surface area contributed by atoms with Crippen LogP contribution in [0.15, 0.2) is 50.7 Å². The number of nitrogen functional groups attached to an aromatic ring is 1. The molecule has 1 nitrogen and oxygen atoms in total. The molecule has 2 aromatic carbocycles. The molecule has 0 aliphatic carbocycles. The predicted octanol–water partition coefficient (Wildman–Crippen LogP) is 5.14. The van der Waals surface area contributed by atoms with E-state index in [1.54, 1.807) is 11.8 Å². The number of halogens is 2. The van der Waals surface area contributed by atoms with E-state index in [4.69, 9.17) is 17.3 Å².